The highest BCUT2D eigenvalue weighted by atomic mass is 16.3. The molecule has 3 amide bonds. The van der Waals surface area contributed by atoms with E-state index in [1.165, 1.54) is 0 Å². The van der Waals surface area contributed by atoms with Crippen LogP contribution in [0.25, 0.3) is 0 Å². The zero-order valence-electron chi connectivity index (χ0n) is 16.6. The lowest BCUT2D eigenvalue weighted by Crippen LogP contribution is -2.63. The molecule has 148 valence electrons. The average Bonchev–Trinajstić information content (AvgIpc) is 2.64. The Labute approximate surface area is 165 Å². The molecule has 0 fully saturated rings. The lowest BCUT2D eigenvalue weighted by Gasteiger charge is -2.42. The van der Waals surface area contributed by atoms with Crippen LogP contribution in [-0.4, -0.2) is 49.1 Å². The molecule has 0 aliphatic carbocycles. The molecule has 1 heterocycles. The Kier molecular flexibility index (Phi) is 5.40. The summed E-state index contributed by atoms with van der Waals surface area (Å²) in [6, 6.07) is 11.6. The molecule has 0 radical (unpaired) electrons. The summed E-state index contributed by atoms with van der Waals surface area (Å²) in [6.07, 6.45) is 0. The second kappa shape index (κ2) is 7.61. The summed E-state index contributed by atoms with van der Waals surface area (Å²) in [7, 11) is 3.79. The van der Waals surface area contributed by atoms with Crippen LogP contribution in [0.2, 0.25) is 0 Å². The number of aliphatic hydroxyl groups is 1. The standard InChI is InChI=1S/C21H26N4O3/c1-14-9-10-16(13-15(14)2)25-20(27)23-18-8-6-5-7-17(18)21(25,28)19(26)22-11-12-24(3)4/h5-10,13,28H,11-12H2,1-4H3,(H,22,26)(H,23,27). The van der Waals surface area contributed by atoms with Gasteiger partial charge in [-0.15, -0.1) is 0 Å². The number of urea groups is 1. The Bertz CT molecular complexity index is 912. The third-order valence-corrected chi connectivity index (χ3v) is 4.98. The molecular formula is C21H26N4O3. The van der Waals surface area contributed by atoms with Crippen molar-refractivity contribution >= 4 is 23.3 Å². The lowest BCUT2D eigenvalue weighted by molar-refractivity contribution is -0.140. The number of amides is 3. The Morgan fingerprint density at radius 1 is 1.18 bits per heavy atom. The number of likely N-dealkylation sites (N-methyl/N-ethyl adjacent to an activating group) is 1. The van der Waals surface area contributed by atoms with E-state index in [4.69, 9.17) is 0 Å². The van der Waals surface area contributed by atoms with Gasteiger partial charge in [0.15, 0.2) is 0 Å². The number of carbonyl (C=O) groups is 2. The van der Waals surface area contributed by atoms with Gasteiger partial charge in [0.2, 0.25) is 0 Å². The molecule has 1 aliphatic heterocycles. The fourth-order valence-corrected chi connectivity index (χ4v) is 3.24. The van der Waals surface area contributed by atoms with E-state index in [0.29, 0.717) is 30.0 Å². The maximum atomic E-state index is 13.1. The summed E-state index contributed by atoms with van der Waals surface area (Å²) >= 11 is 0. The highest BCUT2D eigenvalue weighted by Crippen LogP contribution is 2.40. The van der Waals surface area contributed by atoms with Gasteiger partial charge in [-0.05, 0) is 57.3 Å². The van der Waals surface area contributed by atoms with E-state index in [2.05, 4.69) is 10.6 Å². The number of anilines is 2. The number of aryl methyl sites for hydroxylation is 2. The van der Waals surface area contributed by atoms with Gasteiger partial charge in [0.25, 0.3) is 11.6 Å². The molecular weight excluding hydrogens is 356 g/mol. The molecule has 7 heteroatoms. The van der Waals surface area contributed by atoms with Crippen molar-refractivity contribution < 1.29 is 14.7 Å². The minimum Gasteiger partial charge on any atom is -0.359 e. The maximum absolute atomic E-state index is 13.1. The predicted octanol–water partition coefficient (Wildman–Crippen LogP) is 2.18. The molecule has 2 aromatic rings. The first-order chi connectivity index (χ1) is 13.2. The molecule has 1 unspecified atom stereocenters. The van der Waals surface area contributed by atoms with E-state index < -0.39 is 17.7 Å². The van der Waals surface area contributed by atoms with Crippen molar-refractivity contribution in [3.8, 4) is 0 Å². The van der Waals surface area contributed by atoms with E-state index in [0.717, 1.165) is 16.0 Å². The predicted molar refractivity (Wildman–Crippen MR) is 109 cm³/mol. The van der Waals surface area contributed by atoms with E-state index in [1.807, 2.05) is 38.9 Å². The van der Waals surface area contributed by atoms with Crippen molar-refractivity contribution in [3.63, 3.8) is 0 Å². The van der Waals surface area contributed by atoms with Crippen LogP contribution in [0, 0.1) is 13.8 Å². The van der Waals surface area contributed by atoms with Crippen LogP contribution in [0.1, 0.15) is 16.7 Å². The molecule has 7 nitrogen and oxygen atoms in total. The van der Waals surface area contributed by atoms with Gasteiger partial charge in [-0.1, -0.05) is 24.3 Å². The molecule has 1 aliphatic rings. The van der Waals surface area contributed by atoms with Crippen LogP contribution in [0.5, 0.6) is 0 Å². The minimum absolute atomic E-state index is 0.329. The molecule has 0 spiro atoms. The van der Waals surface area contributed by atoms with Gasteiger partial charge in [0, 0.05) is 24.3 Å². The molecule has 3 rings (SSSR count). The topological polar surface area (TPSA) is 84.9 Å². The summed E-state index contributed by atoms with van der Waals surface area (Å²) in [5.74, 6) is -0.644. The molecule has 0 saturated heterocycles. The summed E-state index contributed by atoms with van der Waals surface area (Å²) in [6.45, 7) is 4.84. The minimum atomic E-state index is -2.16. The van der Waals surface area contributed by atoms with Crippen molar-refractivity contribution in [2.45, 2.75) is 19.6 Å². The largest absolute Gasteiger partial charge is 0.359 e. The van der Waals surface area contributed by atoms with Crippen molar-refractivity contribution in [2.24, 2.45) is 0 Å². The first-order valence-corrected chi connectivity index (χ1v) is 9.18. The number of nitrogens with one attached hydrogen (secondary N) is 2. The highest BCUT2D eigenvalue weighted by Gasteiger charge is 2.51. The van der Waals surface area contributed by atoms with Crippen LogP contribution in [-0.2, 0) is 10.5 Å². The van der Waals surface area contributed by atoms with Crippen LogP contribution in [0.15, 0.2) is 42.5 Å². The van der Waals surface area contributed by atoms with E-state index >= 15 is 0 Å². The summed E-state index contributed by atoms with van der Waals surface area (Å²) < 4.78 is 0. The smallest absolute Gasteiger partial charge is 0.329 e. The molecule has 0 aromatic heterocycles. The number of rotatable bonds is 5. The first-order valence-electron chi connectivity index (χ1n) is 9.18. The van der Waals surface area contributed by atoms with Crippen LogP contribution in [0.3, 0.4) is 0 Å². The van der Waals surface area contributed by atoms with Crippen molar-refractivity contribution in [2.75, 3.05) is 37.4 Å². The van der Waals surface area contributed by atoms with Crippen molar-refractivity contribution in [3.05, 3.63) is 59.2 Å². The Balaban J connectivity index is 2.09. The maximum Gasteiger partial charge on any atom is 0.329 e. The fraction of sp³-hybridized carbons (Fsp3) is 0.333. The van der Waals surface area contributed by atoms with E-state index in [-0.39, 0.29) is 0 Å². The van der Waals surface area contributed by atoms with Gasteiger partial charge in [-0.3, -0.25) is 9.69 Å². The van der Waals surface area contributed by atoms with Crippen LogP contribution >= 0.6 is 0 Å². The Morgan fingerprint density at radius 3 is 2.57 bits per heavy atom. The van der Waals surface area contributed by atoms with E-state index in [1.54, 1.807) is 36.4 Å². The number of carbonyl (C=O) groups excluding carboxylic acids is 2. The van der Waals surface area contributed by atoms with Gasteiger partial charge in [-0.25, -0.2) is 4.79 Å². The average molecular weight is 382 g/mol. The zero-order chi connectivity index (χ0) is 20.5. The quantitative estimate of drug-likeness (QED) is 0.740. The monoisotopic (exact) mass is 382 g/mol. The van der Waals surface area contributed by atoms with Gasteiger partial charge < -0.3 is 20.6 Å². The number of hydrogen-bond donors (Lipinski definition) is 3. The summed E-state index contributed by atoms with van der Waals surface area (Å²) in [4.78, 5) is 29.1. The fourth-order valence-electron chi connectivity index (χ4n) is 3.24. The molecule has 0 bridgehead atoms. The Hall–Kier alpha value is -2.90. The third-order valence-electron chi connectivity index (χ3n) is 4.98. The number of benzene rings is 2. The van der Waals surface area contributed by atoms with Crippen molar-refractivity contribution in [1.29, 1.82) is 0 Å². The van der Waals surface area contributed by atoms with Crippen LogP contribution in [0.4, 0.5) is 16.2 Å². The third kappa shape index (κ3) is 3.46. The number of hydrogen-bond acceptors (Lipinski definition) is 4. The zero-order valence-corrected chi connectivity index (χ0v) is 16.6. The summed E-state index contributed by atoms with van der Waals surface area (Å²) in [5, 5.41) is 17.2. The second-order valence-electron chi connectivity index (χ2n) is 7.31. The van der Waals surface area contributed by atoms with Gasteiger partial charge in [-0.2, -0.15) is 0 Å². The summed E-state index contributed by atoms with van der Waals surface area (Å²) in [5.41, 5.74) is 1.04. The van der Waals surface area contributed by atoms with Gasteiger partial charge in [0.1, 0.15) is 0 Å². The van der Waals surface area contributed by atoms with Crippen LogP contribution < -0.4 is 15.5 Å². The number of para-hydroxylation sites is 1. The lowest BCUT2D eigenvalue weighted by atomic mass is 9.94. The molecule has 0 saturated carbocycles. The molecule has 1 atom stereocenters. The number of nitrogens with zero attached hydrogens (tertiary/aromatic N) is 2. The van der Waals surface area contributed by atoms with Gasteiger partial charge >= 0.3 is 6.03 Å². The molecule has 3 N–H and O–H groups in total. The second-order valence-corrected chi connectivity index (χ2v) is 7.31. The highest BCUT2D eigenvalue weighted by molar-refractivity contribution is 6.11. The molecule has 2 aromatic carbocycles. The normalized spacial score (nSPS) is 18.6. The first kappa shape index (κ1) is 19.9. The van der Waals surface area contributed by atoms with Crippen molar-refractivity contribution in [1.82, 2.24) is 10.2 Å². The molecule has 28 heavy (non-hydrogen) atoms. The Morgan fingerprint density at radius 2 is 1.89 bits per heavy atom. The SMILES string of the molecule is Cc1ccc(N2C(=O)Nc3ccccc3C2(O)C(=O)NCCN(C)C)cc1C. The van der Waals surface area contributed by atoms with E-state index in [9.17, 15) is 14.7 Å². The number of fused-ring (bicyclic) bond motifs is 1. The van der Waals surface area contributed by atoms with Gasteiger partial charge in [0.05, 0.1) is 5.69 Å².